The van der Waals surface area contributed by atoms with Crippen molar-refractivity contribution in [3.8, 4) is 11.5 Å². The zero-order valence-electron chi connectivity index (χ0n) is 16.0. The van der Waals surface area contributed by atoms with E-state index in [0.29, 0.717) is 34.7 Å². The minimum atomic E-state index is -0.596. The summed E-state index contributed by atoms with van der Waals surface area (Å²) in [6.45, 7) is 0.678. The predicted octanol–water partition coefficient (Wildman–Crippen LogP) is 4.61. The molecule has 0 saturated carbocycles. The molecule has 31 heavy (non-hydrogen) atoms. The van der Waals surface area contributed by atoms with Gasteiger partial charge in [-0.05, 0) is 24.3 Å². The lowest BCUT2D eigenvalue weighted by atomic mass is 10.0. The van der Waals surface area contributed by atoms with E-state index in [1.807, 2.05) is 0 Å². The fourth-order valence-electron chi connectivity index (χ4n) is 3.13. The smallest absolute Gasteiger partial charge is 0.270 e. The van der Waals surface area contributed by atoms with Gasteiger partial charge in [0.15, 0.2) is 17.3 Å². The van der Waals surface area contributed by atoms with E-state index in [4.69, 9.17) is 9.47 Å². The van der Waals surface area contributed by atoms with Crippen molar-refractivity contribution in [2.45, 2.75) is 0 Å². The van der Waals surface area contributed by atoms with Crippen molar-refractivity contribution in [3.05, 3.63) is 91.9 Å². The highest BCUT2D eigenvalue weighted by molar-refractivity contribution is 9.10. The Balaban J connectivity index is 1.75. The summed E-state index contributed by atoms with van der Waals surface area (Å²) in [5.41, 5.74) is 0.698. The number of anilines is 1. The number of non-ortho nitro benzene ring substituents is 1. The quantitative estimate of drug-likeness (QED) is 0.323. The number of rotatable bonds is 5. The standard InChI is InChI=1S/C22H15BrN2O6/c23-17-7-2-1-6-15(17)21(26)16-11-19-20(31-9-8-30-19)12-18(16)24-22(27)13-4-3-5-14(10-13)25(28)29/h1-7,10-12H,8-9H2,(H,24,27). The van der Waals surface area contributed by atoms with E-state index in [9.17, 15) is 19.7 Å². The lowest BCUT2D eigenvalue weighted by Gasteiger charge is -2.21. The topological polar surface area (TPSA) is 108 Å². The van der Waals surface area contributed by atoms with Gasteiger partial charge in [0.1, 0.15) is 13.2 Å². The highest BCUT2D eigenvalue weighted by atomic mass is 79.9. The normalized spacial score (nSPS) is 12.2. The molecule has 0 atom stereocenters. The van der Waals surface area contributed by atoms with Crippen LogP contribution < -0.4 is 14.8 Å². The molecule has 3 aromatic rings. The molecule has 0 saturated heterocycles. The summed E-state index contributed by atoms with van der Waals surface area (Å²) in [7, 11) is 0. The van der Waals surface area contributed by atoms with Crippen LogP contribution in [0.3, 0.4) is 0 Å². The van der Waals surface area contributed by atoms with E-state index in [-0.39, 0.29) is 28.3 Å². The predicted molar refractivity (Wildman–Crippen MR) is 116 cm³/mol. The SMILES string of the molecule is O=C(Nc1cc2c(cc1C(=O)c1ccccc1Br)OCCO2)c1cccc([N+](=O)[O-])c1. The second-order valence-electron chi connectivity index (χ2n) is 6.61. The van der Waals surface area contributed by atoms with Gasteiger partial charge in [0, 0.05) is 33.8 Å². The number of nitro groups is 1. The van der Waals surface area contributed by atoms with Gasteiger partial charge in [-0.3, -0.25) is 19.7 Å². The van der Waals surface area contributed by atoms with E-state index < -0.39 is 10.8 Å². The summed E-state index contributed by atoms with van der Waals surface area (Å²) < 4.78 is 11.8. The third kappa shape index (κ3) is 4.26. The van der Waals surface area contributed by atoms with Crippen molar-refractivity contribution in [1.29, 1.82) is 0 Å². The van der Waals surface area contributed by atoms with Crippen LogP contribution in [0, 0.1) is 10.1 Å². The van der Waals surface area contributed by atoms with Crippen LogP contribution >= 0.6 is 15.9 Å². The van der Waals surface area contributed by atoms with Crippen LogP contribution in [0.25, 0.3) is 0 Å². The Morgan fingerprint density at radius 3 is 2.35 bits per heavy atom. The second-order valence-corrected chi connectivity index (χ2v) is 7.47. The molecule has 1 heterocycles. The van der Waals surface area contributed by atoms with Gasteiger partial charge in [0.05, 0.1) is 16.2 Å². The van der Waals surface area contributed by atoms with Crippen LogP contribution in [0.4, 0.5) is 11.4 Å². The van der Waals surface area contributed by atoms with Crippen LogP contribution in [0.5, 0.6) is 11.5 Å². The molecule has 9 heteroatoms. The first kappa shape index (κ1) is 20.5. The summed E-state index contributed by atoms with van der Waals surface area (Å²) in [4.78, 5) is 36.5. The minimum absolute atomic E-state index is 0.0865. The van der Waals surface area contributed by atoms with Crippen LogP contribution in [-0.4, -0.2) is 29.8 Å². The van der Waals surface area contributed by atoms with Crippen molar-refractivity contribution in [3.63, 3.8) is 0 Å². The van der Waals surface area contributed by atoms with Crippen LogP contribution in [0.2, 0.25) is 0 Å². The number of ether oxygens (including phenoxy) is 2. The summed E-state index contributed by atoms with van der Waals surface area (Å²) in [6.07, 6.45) is 0. The Morgan fingerprint density at radius 1 is 0.935 bits per heavy atom. The number of nitro benzene ring substituents is 1. The van der Waals surface area contributed by atoms with Gasteiger partial charge >= 0.3 is 0 Å². The average molecular weight is 483 g/mol. The number of carbonyl (C=O) groups excluding carboxylic acids is 2. The zero-order valence-corrected chi connectivity index (χ0v) is 17.5. The van der Waals surface area contributed by atoms with Gasteiger partial charge in [0.25, 0.3) is 11.6 Å². The van der Waals surface area contributed by atoms with Crippen LogP contribution in [0.15, 0.2) is 65.1 Å². The molecule has 1 amide bonds. The first-order valence-corrected chi connectivity index (χ1v) is 10.0. The molecule has 156 valence electrons. The van der Waals surface area contributed by atoms with Crippen LogP contribution in [0.1, 0.15) is 26.3 Å². The number of amides is 1. The summed E-state index contributed by atoms with van der Waals surface area (Å²) in [5, 5.41) is 13.7. The van der Waals surface area contributed by atoms with Crippen molar-refractivity contribution in [1.82, 2.24) is 0 Å². The van der Waals surface area contributed by atoms with E-state index in [0.717, 1.165) is 0 Å². The molecule has 3 aromatic carbocycles. The fraction of sp³-hybridized carbons (Fsp3) is 0.0909. The van der Waals surface area contributed by atoms with Gasteiger partial charge in [-0.25, -0.2) is 0 Å². The van der Waals surface area contributed by atoms with E-state index in [2.05, 4.69) is 21.2 Å². The largest absolute Gasteiger partial charge is 0.486 e. The fourth-order valence-corrected chi connectivity index (χ4v) is 3.59. The molecule has 8 nitrogen and oxygen atoms in total. The second kappa shape index (κ2) is 8.57. The first-order chi connectivity index (χ1) is 14.9. The summed E-state index contributed by atoms with van der Waals surface area (Å²) in [6, 6.07) is 15.3. The molecule has 1 aliphatic heterocycles. The van der Waals surface area contributed by atoms with Crippen molar-refractivity contribution >= 4 is 39.0 Å². The zero-order chi connectivity index (χ0) is 22.0. The van der Waals surface area contributed by atoms with Gasteiger partial charge in [-0.2, -0.15) is 0 Å². The maximum Gasteiger partial charge on any atom is 0.270 e. The summed E-state index contributed by atoms with van der Waals surface area (Å²) >= 11 is 3.37. The number of benzene rings is 3. The Kier molecular flexibility index (Phi) is 5.68. The molecule has 1 N–H and O–H groups in total. The van der Waals surface area contributed by atoms with Gasteiger partial charge in [-0.15, -0.1) is 0 Å². The molecule has 0 bridgehead atoms. The van der Waals surface area contributed by atoms with E-state index in [1.165, 1.54) is 36.4 Å². The molecule has 0 spiro atoms. The number of hydrogen-bond donors (Lipinski definition) is 1. The first-order valence-electron chi connectivity index (χ1n) is 9.23. The maximum absolute atomic E-state index is 13.3. The molecule has 0 aromatic heterocycles. The van der Waals surface area contributed by atoms with Gasteiger partial charge in [-0.1, -0.05) is 34.1 Å². The summed E-state index contributed by atoms with van der Waals surface area (Å²) in [5.74, 6) is -0.139. The van der Waals surface area contributed by atoms with Gasteiger partial charge < -0.3 is 14.8 Å². The number of fused-ring (bicyclic) bond motifs is 1. The molecule has 4 rings (SSSR count). The molecule has 0 radical (unpaired) electrons. The third-order valence-electron chi connectivity index (χ3n) is 4.61. The Morgan fingerprint density at radius 2 is 1.65 bits per heavy atom. The number of nitrogens with one attached hydrogen (secondary N) is 1. The number of carbonyl (C=O) groups is 2. The van der Waals surface area contributed by atoms with E-state index in [1.54, 1.807) is 24.3 Å². The molecular formula is C22H15BrN2O6. The third-order valence-corrected chi connectivity index (χ3v) is 5.30. The molecular weight excluding hydrogens is 468 g/mol. The Hall–Kier alpha value is -3.72. The number of hydrogen-bond acceptors (Lipinski definition) is 6. The monoisotopic (exact) mass is 482 g/mol. The highest BCUT2D eigenvalue weighted by Crippen LogP contribution is 2.37. The maximum atomic E-state index is 13.3. The Bertz CT molecular complexity index is 1210. The van der Waals surface area contributed by atoms with Crippen molar-refractivity contribution < 1.29 is 24.0 Å². The van der Waals surface area contributed by atoms with E-state index >= 15 is 0 Å². The molecule has 0 fully saturated rings. The lowest BCUT2D eigenvalue weighted by molar-refractivity contribution is -0.384. The van der Waals surface area contributed by atoms with Crippen molar-refractivity contribution in [2.24, 2.45) is 0 Å². The molecule has 0 aliphatic carbocycles. The molecule has 0 unspecified atom stereocenters. The lowest BCUT2D eigenvalue weighted by Crippen LogP contribution is -2.19. The highest BCUT2D eigenvalue weighted by Gasteiger charge is 2.23. The number of ketones is 1. The van der Waals surface area contributed by atoms with Gasteiger partial charge in [0.2, 0.25) is 0 Å². The Labute approximate surface area is 185 Å². The molecule has 1 aliphatic rings. The number of nitrogens with zero attached hydrogens (tertiary/aromatic N) is 1. The van der Waals surface area contributed by atoms with Crippen LogP contribution in [-0.2, 0) is 0 Å². The average Bonchev–Trinajstić information content (AvgIpc) is 2.78. The number of halogens is 1. The minimum Gasteiger partial charge on any atom is -0.486 e. The van der Waals surface area contributed by atoms with Crippen molar-refractivity contribution in [2.75, 3.05) is 18.5 Å².